The molecule has 0 bridgehead atoms. The normalized spacial score (nSPS) is 18.0. The standard InChI is InChI=1S/C28H37F4N7OS/c1-5-18(25(33)39(34)6-2)26(40)35-13-8-9-17-15-20-19(24(36-17)16(3)28(30,31)32)10-7-11-21(20)37-22-12-14-38(4)27(41)23(22)29/h7-11,15-16,27,37,41H,5-6,12-14,33-34H2,1-4H3,(H,35,40)/b9-8+,25-18+. The monoisotopic (exact) mass is 595 g/mol. The average Bonchev–Trinajstić information content (AvgIpc) is 2.94. The first kappa shape index (κ1) is 32.2. The molecule has 1 aromatic heterocycles. The molecule has 224 valence electrons. The second kappa shape index (κ2) is 13.6. The Labute approximate surface area is 242 Å². The van der Waals surface area contributed by atoms with E-state index in [0.29, 0.717) is 53.7 Å². The van der Waals surface area contributed by atoms with Gasteiger partial charge in [-0.1, -0.05) is 25.1 Å². The quantitative estimate of drug-likeness (QED) is 0.0865. The number of hydrazine groups is 1. The lowest BCUT2D eigenvalue weighted by molar-refractivity contribution is -0.146. The molecule has 0 aliphatic carbocycles. The van der Waals surface area contributed by atoms with E-state index in [9.17, 15) is 22.4 Å². The first-order chi connectivity index (χ1) is 19.3. The van der Waals surface area contributed by atoms with E-state index in [1.165, 1.54) is 11.1 Å². The minimum absolute atomic E-state index is 0.0744. The number of hydrogen-bond donors (Lipinski definition) is 5. The van der Waals surface area contributed by atoms with Crippen molar-refractivity contribution in [1.82, 2.24) is 20.2 Å². The van der Waals surface area contributed by atoms with Crippen LogP contribution in [-0.2, 0) is 4.79 Å². The third kappa shape index (κ3) is 7.52. The zero-order valence-electron chi connectivity index (χ0n) is 23.5. The zero-order valence-corrected chi connectivity index (χ0v) is 24.4. The number of thiol groups is 1. The summed E-state index contributed by atoms with van der Waals surface area (Å²) in [4.78, 5) is 18.7. The summed E-state index contributed by atoms with van der Waals surface area (Å²) < 4.78 is 56.5. The molecule has 2 heterocycles. The SMILES string of the molecule is CC/C(C(=O)NC/C=C/c1cc2c(NC3=C(F)C(S)N(C)CC3)cccc2c(C(C)C(F)(F)F)n1)=C(/N)N(N)CC. The maximum absolute atomic E-state index is 15.0. The van der Waals surface area contributed by atoms with Crippen LogP contribution in [0, 0.1) is 0 Å². The Morgan fingerprint density at radius 2 is 2.02 bits per heavy atom. The van der Waals surface area contributed by atoms with Crippen LogP contribution >= 0.6 is 12.6 Å². The van der Waals surface area contributed by atoms with E-state index >= 15 is 0 Å². The van der Waals surface area contributed by atoms with Gasteiger partial charge in [-0.05, 0) is 45.5 Å². The molecule has 2 aromatic rings. The Bertz CT molecular complexity index is 1360. The van der Waals surface area contributed by atoms with Gasteiger partial charge in [-0.25, -0.2) is 10.2 Å². The minimum atomic E-state index is -4.53. The van der Waals surface area contributed by atoms with Crippen molar-refractivity contribution in [1.29, 1.82) is 0 Å². The lowest BCUT2D eigenvalue weighted by Crippen LogP contribution is -2.38. The van der Waals surface area contributed by atoms with Gasteiger partial charge in [0, 0.05) is 42.5 Å². The molecule has 0 radical (unpaired) electrons. The van der Waals surface area contributed by atoms with Crippen LogP contribution in [0.1, 0.15) is 50.9 Å². The van der Waals surface area contributed by atoms with Crippen molar-refractivity contribution in [3.8, 4) is 0 Å². The number of fused-ring (bicyclic) bond motifs is 1. The summed E-state index contributed by atoms with van der Waals surface area (Å²) in [5.74, 6) is 3.27. The van der Waals surface area contributed by atoms with E-state index < -0.39 is 29.2 Å². The summed E-state index contributed by atoms with van der Waals surface area (Å²) in [5, 5.41) is 7.12. The number of nitrogens with two attached hydrogens (primary N) is 2. The molecule has 0 saturated carbocycles. The lowest BCUT2D eigenvalue weighted by atomic mass is 9.98. The Kier molecular flexibility index (Phi) is 10.7. The van der Waals surface area contributed by atoms with Gasteiger partial charge in [0.05, 0.1) is 28.6 Å². The number of hydrogen-bond acceptors (Lipinski definition) is 8. The molecule has 13 heteroatoms. The van der Waals surface area contributed by atoms with Crippen LogP contribution in [0.25, 0.3) is 16.8 Å². The van der Waals surface area contributed by atoms with E-state index in [-0.39, 0.29) is 23.8 Å². The molecular formula is C28H37F4N7OS. The number of carbonyl (C=O) groups excluding carboxylic acids is 1. The van der Waals surface area contributed by atoms with E-state index in [2.05, 4.69) is 28.2 Å². The third-order valence-corrected chi connectivity index (χ3v) is 7.63. The molecule has 1 aliphatic heterocycles. The maximum atomic E-state index is 15.0. The van der Waals surface area contributed by atoms with Crippen LogP contribution in [-0.4, -0.2) is 59.0 Å². The van der Waals surface area contributed by atoms with Crippen LogP contribution in [0.15, 0.2) is 53.3 Å². The topological polar surface area (TPSA) is 113 Å². The zero-order chi connectivity index (χ0) is 30.5. The number of alkyl halides is 3. The highest BCUT2D eigenvalue weighted by molar-refractivity contribution is 7.81. The summed E-state index contributed by atoms with van der Waals surface area (Å²) in [6.45, 7) is 5.69. The van der Waals surface area contributed by atoms with Gasteiger partial charge >= 0.3 is 6.18 Å². The van der Waals surface area contributed by atoms with Crippen LogP contribution < -0.4 is 22.2 Å². The lowest BCUT2D eigenvalue weighted by Gasteiger charge is -2.30. The van der Waals surface area contributed by atoms with E-state index in [1.54, 1.807) is 56.1 Å². The predicted octanol–water partition coefficient (Wildman–Crippen LogP) is 4.99. The van der Waals surface area contributed by atoms with Gasteiger partial charge in [0.1, 0.15) is 17.0 Å². The molecule has 8 nitrogen and oxygen atoms in total. The summed E-state index contributed by atoms with van der Waals surface area (Å²) >= 11 is 4.31. The third-order valence-electron chi connectivity index (χ3n) is 7.01. The highest BCUT2D eigenvalue weighted by atomic mass is 32.1. The van der Waals surface area contributed by atoms with E-state index in [4.69, 9.17) is 11.6 Å². The molecule has 0 spiro atoms. The van der Waals surface area contributed by atoms with Crippen LogP contribution in [0.2, 0.25) is 0 Å². The van der Waals surface area contributed by atoms with Crippen LogP contribution in [0.3, 0.4) is 0 Å². The van der Waals surface area contributed by atoms with Gasteiger partial charge < -0.3 is 16.4 Å². The number of aromatic nitrogens is 1. The molecular weight excluding hydrogens is 558 g/mol. The molecule has 41 heavy (non-hydrogen) atoms. The van der Waals surface area contributed by atoms with Gasteiger partial charge in [0.15, 0.2) is 0 Å². The number of nitrogens with zero attached hydrogens (tertiary/aromatic N) is 3. The summed E-state index contributed by atoms with van der Waals surface area (Å²) in [7, 11) is 1.76. The molecule has 0 fully saturated rings. The Balaban J connectivity index is 1.97. The molecule has 3 rings (SSSR count). The molecule has 0 saturated heterocycles. The fourth-order valence-corrected chi connectivity index (χ4v) is 4.68. The largest absolute Gasteiger partial charge is 0.397 e. The number of anilines is 1. The van der Waals surface area contributed by atoms with Crippen LogP contribution in [0.5, 0.6) is 0 Å². The van der Waals surface area contributed by atoms with Gasteiger partial charge in [0.2, 0.25) is 0 Å². The first-order valence-corrected chi connectivity index (χ1v) is 13.8. The van der Waals surface area contributed by atoms with Crippen molar-refractivity contribution in [2.75, 3.05) is 32.0 Å². The van der Waals surface area contributed by atoms with Crippen molar-refractivity contribution >= 4 is 41.1 Å². The second-order valence-electron chi connectivity index (χ2n) is 9.77. The van der Waals surface area contributed by atoms with Gasteiger partial charge in [-0.3, -0.25) is 19.7 Å². The maximum Gasteiger partial charge on any atom is 0.397 e. The highest BCUT2D eigenvalue weighted by Crippen LogP contribution is 2.39. The number of likely N-dealkylation sites (N-methyl/N-ethyl adjacent to an activating group) is 1. The van der Waals surface area contributed by atoms with Crippen LogP contribution in [0.4, 0.5) is 23.2 Å². The summed E-state index contributed by atoms with van der Waals surface area (Å²) in [5.41, 5.74) is 7.18. The molecule has 1 aliphatic rings. The average molecular weight is 596 g/mol. The number of halogens is 4. The van der Waals surface area contributed by atoms with Crippen molar-refractivity contribution in [3.05, 3.63) is 64.6 Å². The second-order valence-corrected chi connectivity index (χ2v) is 10.3. The van der Waals surface area contributed by atoms with Gasteiger partial charge in [-0.2, -0.15) is 25.8 Å². The van der Waals surface area contributed by atoms with Crippen molar-refractivity contribution in [3.63, 3.8) is 0 Å². The Morgan fingerprint density at radius 1 is 1.32 bits per heavy atom. The first-order valence-electron chi connectivity index (χ1n) is 13.3. The number of rotatable bonds is 10. The molecule has 1 amide bonds. The molecule has 1 aromatic carbocycles. The number of carbonyl (C=O) groups is 1. The van der Waals surface area contributed by atoms with Crippen molar-refractivity contribution < 1.29 is 22.4 Å². The van der Waals surface area contributed by atoms with E-state index in [1.807, 2.05) is 0 Å². The number of pyridine rings is 1. The molecule has 6 N–H and O–H groups in total. The number of nitrogens with one attached hydrogen (secondary N) is 2. The fourth-order valence-electron chi connectivity index (χ4n) is 4.41. The Morgan fingerprint density at radius 3 is 2.66 bits per heavy atom. The van der Waals surface area contributed by atoms with E-state index in [0.717, 1.165) is 6.92 Å². The fraction of sp³-hybridized carbons (Fsp3) is 0.429. The summed E-state index contributed by atoms with van der Waals surface area (Å²) in [6.07, 6.45) is -0.671. The minimum Gasteiger partial charge on any atom is -0.384 e. The van der Waals surface area contributed by atoms with Crippen molar-refractivity contribution in [2.24, 2.45) is 11.6 Å². The predicted molar refractivity (Wildman–Crippen MR) is 158 cm³/mol. The van der Waals surface area contributed by atoms with Crippen molar-refractivity contribution in [2.45, 2.75) is 51.1 Å². The highest BCUT2D eigenvalue weighted by Gasteiger charge is 2.39. The Hall–Kier alpha value is -3.29. The number of benzene rings is 1. The van der Waals surface area contributed by atoms with Gasteiger partial charge in [-0.15, -0.1) is 0 Å². The number of amides is 1. The molecule has 2 atom stereocenters. The summed E-state index contributed by atoms with van der Waals surface area (Å²) in [6, 6.07) is 6.50. The van der Waals surface area contributed by atoms with Gasteiger partial charge in [0.25, 0.3) is 5.91 Å². The smallest absolute Gasteiger partial charge is 0.384 e. The molecule has 2 unspecified atom stereocenters.